The van der Waals surface area contributed by atoms with Crippen molar-refractivity contribution in [2.24, 2.45) is 5.73 Å². The fraction of sp³-hybridized carbons (Fsp3) is 0.889. The van der Waals surface area contributed by atoms with E-state index < -0.39 is 5.54 Å². The molecule has 1 heterocycles. The number of rotatable bonds is 3. The molecule has 0 aromatic heterocycles. The zero-order valence-corrected chi connectivity index (χ0v) is 7.71. The molecular weight excluding hydrogens is 150 g/mol. The maximum absolute atomic E-state index is 8.77. The van der Waals surface area contributed by atoms with Crippen LogP contribution in [0.15, 0.2) is 0 Å². The summed E-state index contributed by atoms with van der Waals surface area (Å²) >= 11 is 0. The number of nitrogens with two attached hydrogens (primary N) is 1. The molecule has 1 fully saturated rings. The maximum Gasteiger partial charge on any atom is 0.118 e. The Kier molecular flexibility index (Phi) is 3.07. The molecule has 1 aliphatic rings. The van der Waals surface area contributed by atoms with Crippen LogP contribution in [-0.2, 0) is 0 Å². The van der Waals surface area contributed by atoms with E-state index in [1.807, 2.05) is 0 Å². The number of hydrogen-bond acceptors (Lipinski definition) is 3. The van der Waals surface area contributed by atoms with Crippen LogP contribution in [0.3, 0.4) is 0 Å². The molecule has 2 N–H and O–H groups in total. The van der Waals surface area contributed by atoms with Gasteiger partial charge in [0, 0.05) is 13.1 Å². The first-order chi connectivity index (χ1) is 5.70. The zero-order valence-electron chi connectivity index (χ0n) is 7.71. The predicted octanol–water partition coefficient (Wildman–Crippen LogP) is 0.713. The van der Waals surface area contributed by atoms with Crippen molar-refractivity contribution in [3.63, 3.8) is 0 Å². The lowest BCUT2D eigenvalue weighted by atomic mass is 10.0. The minimum Gasteiger partial charge on any atom is -0.312 e. The van der Waals surface area contributed by atoms with Gasteiger partial charge in [0.05, 0.1) is 6.07 Å². The van der Waals surface area contributed by atoms with Crippen molar-refractivity contribution >= 4 is 0 Å². The van der Waals surface area contributed by atoms with Crippen molar-refractivity contribution in [2.45, 2.75) is 31.7 Å². The number of unbranched alkanes of at least 4 members (excludes halogenated alkanes) is 1. The number of hydrogen-bond donors (Lipinski definition) is 1. The summed E-state index contributed by atoms with van der Waals surface area (Å²) in [6.07, 6.45) is 3.25. The summed E-state index contributed by atoms with van der Waals surface area (Å²) in [6, 6.07) is 2.18. The molecule has 0 aromatic carbocycles. The summed E-state index contributed by atoms with van der Waals surface area (Å²) in [7, 11) is 0. The van der Waals surface area contributed by atoms with Gasteiger partial charge in [-0.2, -0.15) is 5.26 Å². The maximum atomic E-state index is 8.77. The van der Waals surface area contributed by atoms with Crippen molar-refractivity contribution < 1.29 is 0 Å². The summed E-state index contributed by atoms with van der Waals surface area (Å²) in [5.74, 6) is 0. The molecule has 0 saturated carbocycles. The third-order valence-electron chi connectivity index (χ3n) is 2.43. The average Bonchev–Trinajstić information content (AvgIpc) is 2.45. The number of nitrogens with zero attached hydrogens (tertiary/aromatic N) is 2. The number of nitriles is 1. The van der Waals surface area contributed by atoms with Crippen LogP contribution >= 0.6 is 0 Å². The van der Waals surface area contributed by atoms with Gasteiger partial charge < -0.3 is 10.6 Å². The first-order valence-electron chi connectivity index (χ1n) is 4.63. The molecule has 68 valence electrons. The SMILES string of the molecule is CCCCN1CCC(N)(C#N)C1. The summed E-state index contributed by atoms with van der Waals surface area (Å²) in [4.78, 5) is 2.28. The van der Waals surface area contributed by atoms with Crippen LogP contribution in [0.1, 0.15) is 26.2 Å². The molecule has 0 amide bonds. The molecule has 1 saturated heterocycles. The van der Waals surface area contributed by atoms with Gasteiger partial charge in [0.25, 0.3) is 0 Å². The van der Waals surface area contributed by atoms with Crippen LogP contribution in [0.4, 0.5) is 0 Å². The van der Waals surface area contributed by atoms with Gasteiger partial charge in [0.2, 0.25) is 0 Å². The van der Waals surface area contributed by atoms with Crippen molar-refractivity contribution in [2.75, 3.05) is 19.6 Å². The van der Waals surface area contributed by atoms with Crippen LogP contribution in [-0.4, -0.2) is 30.1 Å². The lowest BCUT2D eigenvalue weighted by Crippen LogP contribution is -2.41. The van der Waals surface area contributed by atoms with E-state index in [-0.39, 0.29) is 0 Å². The standard InChI is InChI=1S/C9H17N3/c1-2-3-5-12-6-4-9(11,7-10)8-12/h2-6,8,11H2,1H3. The molecular formula is C9H17N3. The van der Waals surface area contributed by atoms with Crippen molar-refractivity contribution in [3.8, 4) is 6.07 Å². The Hall–Kier alpha value is -0.590. The molecule has 12 heavy (non-hydrogen) atoms. The lowest BCUT2D eigenvalue weighted by molar-refractivity contribution is 0.320. The Labute approximate surface area is 74.1 Å². The van der Waals surface area contributed by atoms with Gasteiger partial charge in [-0.3, -0.25) is 0 Å². The van der Waals surface area contributed by atoms with E-state index in [0.29, 0.717) is 0 Å². The molecule has 0 spiro atoms. The van der Waals surface area contributed by atoms with Crippen LogP contribution in [0.25, 0.3) is 0 Å². The highest BCUT2D eigenvalue weighted by molar-refractivity contribution is 5.10. The highest BCUT2D eigenvalue weighted by Gasteiger charge is 2.33. The molecule has 1 atom stereocenters. The molecule has 0 radical (unpaired) electrons. The monoisotopic (exact) mass is 167 g/mol. The van der Waals surface area contributed by atoms with E-state index in [1.165, 1.54) is 12.8 Å². The third kappa shape index (κ3) is 2.20. The Morgan fingerprint density at radius 1 is 1.67 bits per heavy atom. The van der Waals surface area contributed by atoms with Gasteiger partial charge in [-0.1, -0.05) is 13.3 Å². The van der Waals surface area contributed by atoms with Crippen LogP contribution in [0, 0.1) is 11.3 Å². The minimum atomic E-state index is -0.562. The fourth-order valence-electron chi connectivity index (χ4n) is 1.58. The molecule has 0 aliphatic carbocycles. The van der Waals surface area contributed by atoms with Gasteiger partial charge in [0.1, 0.15) is 5.54 Å². The van der Waals surface area contributed by atoms with E-state index in [0.717, 1.165) is 26.1 Å². The Bertz CT molecular complexity index is 185. The normalized spacial score (nSPS) is 30.4. The molecule has 1 aliphatic heterocycles. The highest BCUT2D eigenvalue weighted by Crippen LogP contribution is 2.17. The van der Waals surface area contributed by atoms with Gasteiger partial charge in [-0.05, 0) is 19.4 Å². The second-order valence-electron chi connectivity index (χ2n) is 3.65. The average molecular weight is 167 g/mol. The largest absolute Gasteiger partial charge is 0.312 e. The Morgan fingerprint density at radius 2 is 2.42 bits per heavy atom. The first kappa shape index (κ1) is 9.50. The summed E-state index contributed by atoms with van der Waals surface area (Å²) in [6.45, 7) is 5.01. The smallest absolute Gasteiger partial charge is 0.118 e. The summed E-state index contributed by atoms with van der Waals surface area (Å²) in [5.41, 5.74) is 5.26. The van der Waals surface area contributed by atoms with Gasteiger partial charge in [-0.25, -0.2) is 0 Å². The fourth-order valence-corrected chi connectivity index (χ4v) is 1.58. The predicted molar refractivity (Wildman–Crippen MR) is 48.5 cm³/mol. The molecule has 3 heteroatoms. The van der Waals surface area contributed by atoms with Crippen LogP contribution < -0.4 is 5.73 Å². The van der Waals surface area contributed by atoms with Crippen LogP contribution in [0.2, 0.25) is 0 Å². The highest BCUT2D eigenvalue weighted by atomic mass is 15.2. The van der Waals surface area contributed by atoms with E-state index in [9.17, 15) is 0 Å². The van der Waals surface area contributed by atoms with E-state index >= 15 is 0 Å². The van der Waals surface area contributed by atoms with Crippen molar-refractivity contribution in [1.82, 2.24) is 4.90 Å². The minimum absolute atomic E-state index is 0.562. The van der Waals surface area contributed by atoms with Crippen LogP contribution in [0.5, 0.6) is 0 Å². The quantitative estimate of drug-likeness (QED) is 0.673. The molecule has 1 rings (SSSR count). The summed E-state index contributed by atoms with van der Waals surface area (Å²) < 4.78 is 0. The first-order valence-corrected chi connectivity index (χ1v) is 4.63. The Morgan fingerprint density at radius 3 is 2.92 bits per heavy atom. The van der Waals surface area contributed by atoms with Gasteiger partial charge in [-0.15, -0.1) is 0 Å². The van der Waals surface area contributed by atoms with Crippen molar-refractivity contribution in [3.05, 3.63) is 0 Å². The lowest BCUT2D eigenvalue weighted by Gasteiger charge is -2.16. The zero-order chi connectivity index (χ0) is 9.03. The molecule has 0 aromatic rings. The molecule has 1 unspecified atom stereocenters. The van der Waals surface area contributed by atoms with Gasteiger partial charge in [0.15, 0.2) is 0 Å². The number of likely N-dealkylation sites (tertiary alicyclic amines) is 1. The summed E-state index contributed by atoms with van der Waals surface area (Å²) in [5, 5.41) is 8.77. The van der Waals surface area contributed by atoms with Crippen molar-refractivity contribution in [1.29, 1.82) is 5.26 Å². The molecule has 0 bridgehead atoms. The van der Waals surface area contributed by atoms with E-state index in [4.69, 9.17) is 11.0 Å². The van der Waals surface area contributed by atoms with Gasteiger partial charge >= 0.3 is 0 Å². The third-order valence-corrected chi connectivity index (χ3v) is 2.43. The topological polar surface area (TPSA) is 53.0 Å². The Balaban J connectivity index is 2.31. The van der Waals surface area contributed by atoms with E-state index in [2.05, 4.69) is 17.9 Å². The van der Waals surface area contributed by atoms with E-state index in [1.54, 1.807) is 0 Å². The second-order valence-corrected chi connectivity index (χ2v) is 3.65. The second kappa shape index (κ2) is 3.88. The molecule has 3 nitrogen and oxygen atoms in total.